The maximum atomic E-state index is 6.08. The third-order valence-corrected chi connectivity index (χ3v) is 2.94. The van der Waals surface area contributed by atoms with Crippen molar-refractivity contribution in [3.8, 4) is 5.69 Å². The molecule has 0 unspecified atom stereocenters. The molecular formula is C12H9ClN4. The van der Waals surface area contributed by atoms with E-state index in [9.17, 15) is 0 Å². The van der Waals surface area contributed by atoms with Crippen molar-refractivity contribution in [2.75, 3.05) is 0 Å². The van der Waals surface area contributed by atoms with Crippen LogP contribution in [0.5, 0.6) is 0 Å². The van der Waals surface area contributed by atoms with Crippen molar-refractivity contribution < 1.29 is 0 Å². The lowest BCUT2D eigenvalue weighted by atomic mass is 10.3. The van der Waals surface area contributed by atoms with Crippen molar-refractivity contribution in [3.63, 3.8) is 0 Å². The van der Waals surface area contributed by atoms with Gasteiger partial charge in [-0.25, -0.2) is 9.97 Å². The summed E-state index contributed by atoms with van der Waals surface area (Å²) in [6.45, 7) is 1.99. The average molecular weight is 245 g/mol. The minimum atomic E-state index is 0.482. The molecule has 3 aromatic rings. The molecule has 4 nitrogen and oxygen atoms in total. The van der Waals surface area contributed by atoms with Crippen LogP contribution >= 0.6 is 11.6 Å². The van der Waals surface area contributed by atoms with Crippen LogP contribution in [-0.2, 0) is 0 Å². The molecule has 0 aliphatic carbocycles. The van der Waals surface area contributed by atoms with Gasteiger partial charge in [-0.2, -0.15) is 0 Å². The van der Waals surface area contributed by atoms with Gasteiger partial charge in [0.2, 0.25) is 0 Å². The highest BCUT2D eigenvalue weighted by Crippen LogP contribution is 2.26. The number of rotatable bonds is 1. The van der Waals surface area contributed by atoms with Crippen LogP contribution in [0.1, 0.15) is 5.56 Å². The Labute approximate surface area is 103 Å². The molecule has 0 N–H and O–H groups in total. The molecule has 0 spiro atoms. The van der Waals surface area contributed by atoms with E-state index < -0.39 is 0 Å². The zero-order chi connectivity index (χ0) is 11.8. The lowest BCUT2D eigenvalue weighted by molar-refractivity contribution is 1.05. The second kappa shape index (κ2) is 3.82. The summed E-state index contributed by atoms with van der Waals surface area (Å²) in [5, 5.41) is 1.37. The van der Waals surface area contributed by atoms with E-state index in [1.54, 1.807) is 12.4 Å². The third-order valence-electron chi connectivity index (χ3n) is 2.65. The molecule has 17 heavy (non-hydrogen) atoms. The van der Waals surface area contributed by atoms with E-state index in [0.29, 0.717) is 5.15 Å². The van der Waals surface area contributed by atoms with Gasteiger partial charge in [-0.15, -0.1) is 0 Å². The molecule has 0 aliphatic heterocycles. The predicted octanol–water partition coefficient (Wildman–Crippen LogP) is 2.78. The summed E-state index contributed by atoms with van der Waals surface area (Å²) in [4.78, 5) is 12.4. The molecule has 3 rings (SSSR count). The normalized spacial score (nSPS) is 10.9. The second-order valence-electron chi connectivity index (χ2n) is 3.76. The van der Waals surface area contributed by atoms with E-state index in [1.807, 2.05) is 29.8 Å². The molecule has 0 radical (unpaired) electrons. The molecule has 0 amide bonds. The van der Waals surface area contributed by atoms with Gasteiger partial charge in [0.25, 0.3) is 0 Å². The highest BCUT2D eigenvalue weighted by atomic mass is 35.5. The number of aromatic nitrogens is 4. The quantitative estimate of drug-likeness (QED) is 0.618. The maximum Gasteiger partial charge on any atom is 0.149 e. The van der Waals surface area contributed by atoms with Crippen molar-refractivity contribution in [1.29, 1.82) is 0 Å². The number of hydrogen-bond donors (Lipinski definition) is 0. The molecular weight excluding hydrogens is 236 g/mol. The van der Waals surface area contributed by atoms with Crippen molar-refractivity contribution >= 4 is 22.6 Å². The van der Waals surface area contributed by atoms with Crippen molar-refractivity contribution in [2.45, 2.75) is 6.92 Å². The average Bonchev–Trinajstić information content (AvgIpc) is 2.69. The Morgan fingerprint density at radius 1 is 1.29 bits per heavy atom. The Balaban J connectivity index is 2.36. The molecule has 0 fully saturated rings. The van der Waals surface area contributed by atoms with E-state index in [2.05, 4.69) is 15.0 Å². The highest BCUT2D eigenvalue weighted by molar-refractivity contribution is 6.34. The van der Waals surface area contributed by atoms with E-state index in [1.165, 1.54) is 6.33 Å². The molecule has 3 heterocycles. The van der Waals surface area contributed by atoms with Crippen molar-refractivity contribution in [1.82, 2.24) is 19.5 Å². The summed E-state index contributed by atoms with van der Waals surface area (Å²) in [6.07, 6.45) is 6.98. The highest BCUT2D eigenvalue weighted by Gasteiger charge is 2.11. The van der Waals surface area contributed by atoms with Crippen molar-refractivity contribution in [3.05, 3.63) is 47.8 Å². The standard InChI is InChI=1S/C12H9ClN4/c1-8-6-17(9-3-2-4-14-5-9)12-10(8)11(13)15-7-16-12/h2-7H,1H3. The summed E-state index contributed by atoms with van der Waals surface area (Å²) in [6, 6.07) is 3.86. The molecule has 84 valence electrons. The first-order valence-electron chi connectivity index (χ1n) is 5.16. The molecule has 0 saturated carbocycles. The molecule has 3 aromatic heterocycles. The van der Waals surface area contributed by atoms with Crippen LogP contribution in [0, 0.1) is 6.92 Å². The van der Waals surface area contributed by atoms with Gasteiger partial charge in [-0.05, 0) is 24.6 Å². The largest absolute Gasteiger partial charge is 0.299 e. The van der Waals surface area contributed by atoms with E-state index in [-0.39, 0.29) is 0 Å². The Morgan fingerprint density at radius 3 is 2.94 bits per heavy atom. The van der Waals surface area contributed by atoms with Crippen LogP contribution in [0.2, 0.25) is 5.15 Å². The summed E-state index contributed by atoms with van der Waals surface area (Å²) in [7, 11) is 0. The van der Waals surface area contributed by atoms with Gasteiger partial charge in [0.1, 0.15) is 17.1 Å². The fourth-order valence-electron chi connectivity index (χ4n) is 1.89. The number of nitrogens with zero attached hydrogens (tertiary/aromatic N) is 4. The molecule has 0 saturated heterocycles. The topological polar surface area (TPSA) is 43.6 Å². The van der Waals surface area contributed by atoms with Crippen LogP contribution in [-0.4, -0.2) is 19.5 Å². The minimum Gasteiger partial charge on any atom is -0.299 e. The fraction of sp³-hybridized carbons (Fsp3) is 0.0833. The smallest absolute Gasteiger partial charge is 0.149 e. The minimum absolute atomic E-state index is 0.482. The fourth-order valence-corrected chi connectivity index (χ4v) is 2.17. The monoisotopic (exact) mass is 244 g/mol. The Bertz CT molecular complexity index is 676. The van der Waals surface area contributed by atoms with Gasteiger partial charge in [0.15, 0.2) is 0 Å². The number of aryl methyl sites for hydroxylation is 1. The summed E-state index contributed by atoms with van der Waals surface area (Å²) in [5.74, 6) is 0. The van der Waals surface area contributed by atoms with E-state index in [0.717, 1.165) is 22.3 Å². The first kappa shape index (κ1) is 10.2. The summed E-state index contributed by atoms with van der Waals surface area (Å²) < 4.78 is 1.96. The first-order chi connectivity index (χ1) is 8.27. The molecule has 0 aromatic carbocycles. The van der Waals surface area contributed by atoms with Gasteiger partial charge < -0.3 is 0 Å². The van der Waals surface area contributed by atoms with E-state index >= 15 is 0 Å². The lowest BCUT2D eigenvalue weighted by Crippen LogP contribution is -1.94. The van der Waals surface area contributed by atoms with Gasteiger partial charge in [0, 0.05) is 12.4 Å². The molecule has 5 heteroatoms. The Hall–Kier alpha value is -1.94. The SMILES string of the molecule is Cc1cn(-c2cccnc2)c2ncnc(Cl)c12. The lowest BCUT2D eigenvalue weighted by Gasteiger charge is -2.02. The predicted molar refractivity (Wildman–Crippen MR) is 66.4 cm³/mol. The van der Waals surface area contributed by atoms with Crippen LogP contribution in [0.25, 0.3) is 16.7 Å². The summed E-state index contributed by atoms with van der Waals surface area (Å²) >= 11 is 6.08. The molecule has 0 atom stereocenters. The van der Waals surface area contributed by atoms with Crippen molar-refractivity contribution in [2.24, 2.45) is 0 Å². The van der Waals surface area contributed by atoms with Gasteiger partial charge in [0.05, 0.1) is 17.3 Å². The third kappa shape index (κ3) is 1.57. The zero-order valence-corrected chi connectivity index (χ0v) is 9.89. The molecule has 0 aliphatic rings. The van der Waals surface area contributed by atoms with Crippen LogP contribution in [0.3, 0.4) is 0 Å². The Morgan fingerprint density at radius 2 is 2.18 bits per heavy atom. The molecule has 0 bridgehead atoms. The maximum absolute atomic E-state index is 6.08. The second-order valence-corrected chi connectivity index (χ2v) is 4.11. The van der Waals surface area contributed by atoms with Gasteiger partial charge in [-0.1, -0.05) is 11.6 Å². The van der Waals surface area contributed by atoms with Gasteiger partial charge in [-0.3, -0.25) is 9.55 Å². The zero-order valence-electron chi connectivity index (χ0n) is 9.13. The number of hydrogen-bond acceptors (Lipinski definition) is 3. The van der Waals surface area contributed by atoms with Gasteiger partial charge >= 0.3 is 0 Å². The number of halogens is 1. The van der Waals surface area contributed by atoms with Crippen LogP contribution < -0.4 is 0 Å². The van der Waals surface area contributed by atoms with Crippen LogP contribution in [0.15, 0.2) is 37.1 Å². The number of fused-ring (bicyclic) bond motifs is 1. The van der Waals surface area contributed by atoms with E-state index in [4.69, 9.17) is 11.6 Å². The Kier molecular flexibility index (Phi) is 2.30. The van der Waals surface area contributed by atoms with Crippen LogP contribution in [0.4, 0.5) is 0 Å². The number of pyridine rings is 1. The summed E-state index contributed by atoms with van der Waals surface area (Å²) in [5.41, 5.74) is 2.81. The first-order valence-corrected chi connectivity index (χ1v) is 5.54.